The molecule has 0 nitrogen and oxygen atoms in total. The second-order valence-electron chi connectivity index (χ2n) is 3.66. The second kappa shape index (κ2) is 3.07. The molecule has 0 saturated heterocycles. The zero-order valence-electron chi connectivity index (χ0n) is 6.69. The van der Waals surface area contributed by atoms with Crippen molar-refractivity contribution >= 4 is 6.98 Å². The lowest BCUT2D eigenvalue weighted by molar-refractivity contribution is 0.321. The highest BCUT2D eigenvalue weighted by atomic mass is 19.4. The molecule has 0 amide bonds. The normalized spacial score (nSPS) is 33.8. The molecule has 0 heterocycles. The van der Waals surface area contributed by atoms with Crippen molar-refractivity contribution in [2.24, 2.45) is 5.92 Å². The minimum atomic E-state index is -4.56. The summed E-state index contributed by atoms with van der Waals surface area (Å²) in [4.78, 5) is 0. The molecule has 0 aromatic rings. The van der Waals surface area contributed by atoms with Crippen molar-refractivity contribution in [3.8, 4) is 0 Å². The zero-order chi connectivity index (χ0) is 8.48. The van der Waals surface area contributed by atoms with Gasteiger partial charge in [0, 0.05) is 0 Å². The number of hydrogen-bond acceptors (Lipinski definition) is 0. The van der Waals surface area contributed by atoms with E-state index >= 15 is 0 Å². The van der Waals surface area contributed by atoms with Crippen molar-refractivity contribution in [1.82, 2.24) is 0 Å². The summed E-state index contributed by atoms with van der Waals surface area (Å²) in [5, 5.41) is 0. The van der Waals surface area contributed by atoms with Gasteiger partial charge in [-0.05, 0) is 5.92 Å². The molecule has 1 saturated carbocycles. The summed E-state index contributed by atoms with van der Waals surface area (Å²) in [6, 6.07) is 0. The van der Waals surface area contributed by atoms with E-state index in [1.165, 1.54) is 0 Å². The fourth-order valence-corrected chi connectivity index (χ4v) is 1.82. The average Bonchev–Trinajstić information content (AvgIpc) is 1.86. The lowest BCUT2D eigenvalue weighted by atomic mass is 9.63. The van der Waals surface area contributed by atoms with E-state index < -0.39 is 12.8 Å². The predicted molar refractivity (Wildman–Crippen MR) is 40.5 cm³/mol. The van der Waals surface area contributed by atoms with Crippen LogP contribution in [0.1, 0.15) is 32.6 Å². The lowest BCUT2D eigenvalue weighted by Gasteiger charge is -2.33. The molecular formula is C7H13BF3-. The van der Waals surface area contributed by atoms with E-state index in [4.69, 9.17) is 0 Å². The van der Waals surface area contributed by atoms with Crippen molar-refractivity contribution in [2.75, 3.05) is 0 Å². The van der Waals surface area contributed by atoms with Crippen molar-refractivity contribution in [1.29, 1.82) is 0 Å². The van der Waals surface area contributed by atoms with Gasteiger partial charge in [0.1, 0.15) is 0 Å². The van der Waals surface area contributed by atoms with Crippen LogP contribution in [0.5, 0.6) is 0 Å². The molecule has 0 spiro atoms. The lowest BCUT2D eigenvalue weighted by Crippen LogP contribution is -2.28. The number of halogens is 3. The maximum absolute atomic E-state index is 12.2. The molecule has 1 aliphatic carbocycles. The molecule has 0 radical (unpaired) electrons. The Hall–Kier alpha value is -0.145. The first-order valence-electron chi connectivity index (χ1n) is 4.20. The minimum absolute atomic E-state index is 0.275. The largest absolute Gasteiger partial charge is 0.481 e. The van der Waals surface area contributed by atoms with Gasteiger partial charge in [0.15, 0.2) is 0 Å². The molecule has 0 aliphatic heterocycles. The van der Waals surface area contributed by atoms with Gasteiger partial charge in [-0.3, -0.25) is 0 Å². The molecule has 0 bridgehead atoms. The molecule has 4 heteroatoms. The molecule has 2 unspecified atom stereocenters. The Bertz CT molecular complexity index is 132. The van der Waals surface area contributed by atoms with Gasteiger partial charge in [0.25, 0.3) is 0 Å². The summed E-state index contributed by atoms with van der Waals surface area (Å²) in [5.74, 6) is -0.684. The van der Waals surface area contributed by atoms with Crippen molar-refractivity contribution in [3.05, 3.63) is 0 Å². The summed E-state index contributed by atoms with van der Waals surface area (Å²) < 4.78 is 36.5. The molecule has 11 heavy (non-hydrogen) atoms. The Morgan fingerprint density at radius 1 is 1.18 bits per heavy atom. The fourth-order valence-electron chi connectivity index (χ4n) is 1.82. The Morgan fingerprint density at radius 2 is 1.82 bits per heavy atom. The second-order valence-corrected chi connectivity index (χ2v) is 3.66. The highest BCUT2D eigenvalue weighted by Gasteiger charge is 2.36. The van der Waals surface area contributed by atoms with Gasteiger partial charge in [0.05, 0.1) is 0 Å². The van der Waals surface area contributed by atoms with Crippen LogP contribution >= 0.6 is 0 Å². The summed E-state index contributed by atoms with van der Waals surface area (Å²) in [6.07, 6.45) is 2.47. The van der Waals surface area contributed by atoms with Crippen LogP contribution in [0, 0.1) is 5.92 Å². The van der Waals surface area contributed by atoms with Gasteiger partial charge in [0.2, 0.25) is 0 Å². The van der Waals surface area contributed by atoms with E-state index in [2.05, 4.69) is 0 Å². The molecule has 0 N–H and O–H groups in total. The Kier molecular flexibility index (Phi) is 2.50. The quantitative estimate of drug-likeness (QED) is 0.522. The van der Waals surface area contributed by atoms with Crippen molar-refractivity contribution in [3.63, 3.8) is 0 Å². The van der Waals surface area contributed by atoms with Gasteiger partial charge in [-0.15, -0.1) is 0 Å². The monoisotopic (exact) mass is 165 g/mol. The molecule has 66 valence electrons. The molecule has 1 fully saturated rings. The van der Waals surface area contributed by atoms with E-state index in [1.54, 1.807) is 0 Å². The van der Waals surface area contributed by atoms with E-state index in [0.29, 0.717) is 12.8 Å². The van der Waals surface area contributed by atoms with Crippen LogP contribution in [0.4, 0.5) is 12.9 Å². The van der Waals surface area contributed by atoms with Gasteiger partial charge in [-0.25, -0.2) is 0 Å². The number of hydrogen-bond donors (Lipinski definition) is 0. The van der Waals surface area contributed by atoms with Gasteiger partial charge < -0.3 is 12.9 Å². The maximum Gasteiger partial charge on any atom is 0.481 e. The maximum atomic E-state index is 12.2. The number of rotatable bonds is 1. The van der Waals surface area contributed by atoms with E-state index in [0.717, 1.165) is 12.8 Å². The third-order valence-electron chi connectivity index (χ3n) is 2.51. The SMILES string of the molecule is CC1CCCC([B-](F)(F)F)C1. The van der Waals surface area contributed by atoms with Crippen LogP contribution < -0.4 is 0 Å². The fraction of sp³-hybridized carbons (Fsp3) is 1.00. The summed E-state index contributed by atoms with van der Waals surface area (Å²) in [7, 11) is 0. The van der Waals surface area contributed by atoms with Gasteiger partial charge in [-0.2, -0.15) is 0 Å². The van der Waals surface area contributed by atoms with Crippen LogP contribution in [0.2, 0.25) is 5.82 Å². The van der Waals surface area contributed by atoms with E-state index in [9.17, 15) is 12.9 Å². The van der Waals surface area contributed by atoms with Crippen LogP contribution in [-0.4, -0.2) is 6.98 Å². The van der Waals surface area contributed by atoms with Crippen LogP contribution in [-0.2, 0) is 0 Å². The molecule has 0 aromatic heterocycles. The summed E-state index contributed by atoms with van der Waals surface area (Å²) in [6.45, 7) is -2.65. The highest BCUT2D eigenvalue weighted by Crippen LogP contribution is 2.41. The molecule has 1 rings (SSSR count). The standard InChI is InChI=1S/C7H13BF3/c1-6-3-2-4-7(5-6)8(9,10)11/h6-7H,2-5H2,1H3/q-1. The topological polar surface area (TPSA) is 0 Å². The first-order chi connectivity index (χ1) is 5.00. The first kappa shape index (κ1) is 8.95. The Labute approximate surface area is 65.2 Å². The molecule has 1 aliphatic rings. The van der Waals surface area contributed by atoms with Crippen LogP contribution in [0.25, 0.3) is 0 Å². The summed E-state index contributed by atoms with van der Waals surface area (Å²) in [5.41, 5.74) is 0. The average molecular weight is 165 g/mol. The summed E-state index contributed by atoms with van der Waals surface area (Å²) >= 11 is 0. The van der Waals surface area contributed by atoms with Gasteiger partial charge in [-0.1, -0.05) is 38.4 Å². The van der Waals surface area contributed by atoms with Crippen LogP contribution in [0.3, 0.4) is 0 Å². The molecule has 2 atom stereocenters. The first-order valence-corrected chi connectivity index (χ1v) is 4.20. The minimum Gasteiger partial charge on any atom is -0.449 e. The highest BCUT2D eigenvalue weighted by molar-refractivity contribution is 6.60. The smallest absolute Gasteiger partial charge is 0.449 e. The zero-order valence-corrected chi connectivity index (χ0v) is 6.69. The van der Waals surface area contributed by atoms with Crippen molar-refractivity contribution in [2.45, 2.75) is 38.4 Å². The van der Waals surface area contributed by atoms with E-state index in [-0.39, 0.29) is 5.92 Å². The van der Waals surface area contributed by atoms with Crippen LogP contribution in [0.15, 0.2) is 0 Å². The Balaban J connectivity index is 2.46. The predicted octanol–water partition coefficient (Wildman–Crippen LogP) is 3.41. The van der Waals surface area contributed by atoms with E-state index in [1.807, 2.05) is 6.92 Å². The van der Waals surface area contributed by atoms with Gasteiger partial charge >= 0.3 is 6.98 Å². The molecule has 0 aromatic carbocycles. The Morgan fingerprint density at radius 3 is 2.18 bits per heavy atom. The van der Waals surface area contributed by atoms with Crippen molar-refractivity contribution < 1.29 is 12.9 Å². The third kappa shape index (κ3) is 2.42. The molecular weight excluding hydrogens is 152 g/mol. The third-order valence-corrected chi connectivity index (χ3v) is 2.51.